The normalized spacial score (nSPS) is 10.4. The lowest BCUT2D eigenvalue weighted by atomic mass is 10.1. The molecule has 3 N–H and O–H groups in total. The molecule has 0 radical (unpaired) electrons. The molecule has 0 heterocycles. The maximum Gasteiger partial charge on any atom is 0.0905 e. The molecule has 0 aliphatic heterocycles. The van der Waals surface area contributed by atoms with Crippen LogP contribution in [0.1, 0.15) is 29.5 Å². The number of amidine groups is 1. The van der Waals surface area contributed by atoms with Crippen LogP contribution in [0.2, 0.25) is 0 Å². The van der Waals surface area contributed by atoms with E-state index in [1.54, 1.807) is 0 Å². The third kappa shape index (κ3) is 5.21. The van der Waals surface area contributed by atoms with E-state index in [1.807, 2.05) is 11.8 Å². The number of hydrogen-bond acceptors (Lipinski definition) is 2. The van der Waals surface area contributed by atoms with Gasteiger partial charge in [-0.15, -0.1) is 0 Å². The Labute approximate surface area is 102 Å². The van der Waals surface area contributed by atoms with Gasteiger partial charge in [-0.1, -0.05) is 29.3 Å². The van der Waals surface area contributed by atoms with Gasteiger partial charge < -0.3 is 5.73 Å². The molecular formula is C13H20N2S. The van der Waals surface area contributed by atoms with Crippen LogP contribution < -0.4 is 5.73 Å². The van der Waals surface area contributed by atoms with E-state index in [0.717, 1.165) is 24.3 Å². The van der Waals surface area contributed by atoms with Crippen molar-refractivity contribution in [1.29, 1.82) is 5.41 Å². The largest absolute Gasteiger partial charge is 0.388 e. The van der Waals surface area contributed by atoms with Gasteiger partial charge in [0, 0.05) is 12.2 Å². The first-order chi connectivity index (χ1) is 7.58. The zero-order valence-corrected chi connectivity index (χ0v) is 10.9. The maximum absolute atomic E-state index is 7.12. The molecule has 0 unspecified atom stereocenters. The molecular weight excluding hydrogens is 216 g/mol. The summed E-state index contributed by atoms with van der Waals surface area (Å²) in [7, 11) is 0. The molecule has 1 aromatic carbocycles. The van der Waals surface area contributed by atoms with Gasteiger partial charge in [-0.2, -0.15) is 11.8 Å². The third-order valence-electron chi connectivity index (χ3n) is 2.28. The second-order valence-electron chi connectivity index (χ2n) is 4.18. The lowest BCUT2D eigenvalue weighted by Crippen LogP contribution is -2.08. The van der Waals surface area contributed by atoms with Crippen LogP contribution in [0.3, 0.4) is 0 Å². The molecule has 0 bridgehead atoms. The van der Waals surface area contributed by atoms with Crippen molar-refractivity contribution >= 4 is 17.6 Å². The summed E-state index contributed by atoms with van der Waals surface area (Å²) in [5.74, 6) is 2.43. The summed E-state index contributed by atoms with van der Waals surface area (Å²) < 4.78 is 0. The standard InChI is InChI=1S/C13H20N2S/c1-10-6-11(2)8-12(7-10)9-16-5-3-4-13(14)15/h6-8H,3-5,9H2,1-2H3,(H3,14,15). The van der Waals surface area contributed by atoms with E-state index in [2.05, 4.69) is 32.0 Å². The average Bonchev–Trinajstić information content (AvgIpc) is 2.15. The molecule has 0 saturated heterocycles. The van der Waals surface area contributed by atoms with E-state index in [-0.39, 0.29) is 0 Å². The van der Waals surface area contributed by atoms with Crippen molar-refractivity contribution < 1.29 is 0 Å². The number of nitrogens with two attached hydrogens (primary N) is 1. The zero-order chi connectivity index (χ0) is 12.0. The van der Waals surface area contributed by atoms with Gasteiger partial charge in [-0.25, -0.2) is 0 Å². The molecule has 3 heteroatoms. The molecule has 0 aromatic heterocycles. The van der Waals surface area contributed by atoms with E-state index in [1.165, 1.54) is 16.7 Å². The molecule has 0 amide bonds. The van der Waals surface area contributed by atoms with Crippen molar-refractivity contribution in [2.75, 3.05) is 5.75 Å². The van der Waals surface area contributed by atoms with Crippen molar-refractivity contribution in [1.82, 2.24) is 0 Å². The molecule has 0 aliphatic rings. The topological polar surface area (TPSA) is 49.9 Å². The molecule has 16 heavy (non-hydrogen) atoms. The summed E-state index contributed by atoms with van der Waals surface area (Å²) in [6.45, 7) is 4.27. The van der Waals surface area contributed by atoms with Crippen molar-refractivity contribution in [2.45, 2.75) is 32.4 Å². The van der Waals surface area contributed by atoms with Gasteiger partial charge >= 0.3 is 0 Å². The lowest BCUT2D eigenvalue weighted by molar-refractivity contribution is 0.988. The fourth-order valence-corrected chi connectivity index (χ4v) is 2.60. The Morgan fingerprint density at radius 2 is 1.88 bits per heavy atom. The monoisotopic (exact) mass is 236 g/mol. The van der Waals surface area contributed by atoms with Gasteiger partial charge in [0.1, 0.15) is 0 Å². The smallest absolute Gasteiger partial charge is 0.0905 e. The van der Waals surface area contributed by atoms with Gasteiger partial charge in [-0.3, -0.25) is 5.41 Å². The van der Waals surface area contributed by atoms with E-state index in [4.69, 9.17) is 11.1 Å². The number of aryl methyl sites for hydroxylation is 2. The van der Waals surface area contributed by atoms with Crippen LogP contribution in [0.4, 0.5) is 0 Å². The summed E-state index contributed by atoms with van der Waals surface area (Å²) in [4.78, 5) is 0. The van der Waals surface area contributed by atoms with E-state index >= 15 is 0 Å². The van der Waals surface area contributed by atoms with Crippen LogP contribution in [0, 0.1) is 19.3 Å². The van der Waals surface area contributed by atoms with Gasteiger partial charge in [0.2, 0.25) is 0 Å². The lowest BCUT2D eigenvalue weighted by Gasteiger charge is -2.05. The Kier molecular flexibility index (Phi) is 5.39. The summed E-state index contributed by atoms with van der Waals surface area (Å²) in [5.41, 5.74) is 9.36. The minimum atomic E-state index is 0.298. The second-order valence-corrected chi connectivity index (χ2v) is 5.28. The fourth-order valence-electron chi connectivity index (χ4n) is 1.71. The van der Waals surface area contributed by atoms with Crippen molar-refractivity contribution in [3.05, 3.63) is 34.9 Å². The van der Waals surface area contributed by atoms with Gasteiger partial charge in [0.05, 0.1) is 5.84 Å². The van der Waals surface area contributed by atoms with Gasteiger partial charge in [0.25, 0.3) is 0 Å². The zero-order valence-electron chi connectivity index (χ0n) is 10.0. The van der Waals surface area contributed by atoms with Crippen molar-refractivity contribution in [3.63, 3.8) is 0 Å². The van der Waals surface area contributed by atoms with Crippen LogP contribution in [0.5, 0.6) is 0 Å². The van der Waals surface area contributed by atoms with E-state index in [9.17, 15) is 0 Å². The van der Waals surface area contributed by atoms with Crippen molar-refractivity contribution in [2.24, 2.45) is 5.73 Å². The van der Waals surface area contributed by atoms with Gasteiger partial charge in [0.15, 0.2) is 0 Å². The highest BCUT2D eigenvalue weighted by Gasteiger charge is 1.97. The Hall–Kier alpha value is -0.960. The van der Waals surface area contributed by atoms with E-state index < -0.39 is 0 Å². The Morgan fingerprint density at radius 3 is 2.44 bits per heavy atom. The van der Waals surface area contributed by atoms with Crippen LogP contribution in [-0.4, -0.2) is 11.6 Å². The van der Waals surface area contributed by atoms with Crippen LogP contribution in [-0.2, 0) is 5.75 Å². The molecule has 0 saturated carbocycles. The van der Waals surface area contributed by atoms with E-state index in [0.29, 0.717) is 5.84 Å². The fraction of sp³-hybridized carbons (Fsp3) is 0.462. The molecule has 88 valence electrons. The molecule has 0 atom stereocenters. The highest BCUT2D eigenvalue weighted by atomic mass is 32.2. The predicted octanol–water partition coefficient (Wildman–Crippen LogP) is 3.25. The SMILES string of the molecule is Cc1cc(C)cc(CSCCCC(=N)N)c1. The molecule has 1 aromatic rings. The average molecular weight is 236 g/mol. The summed E-state index contributed by atoms with van der Waals surface area (Å²) in [6, 6.07) is 6.68. The minimum Gasteiger partial charge on any atom is -0.388 e. The number of benzene rings is 1. The minimum absolute atomic E-state index is 0.298. The van der Waals surface area contributed by atoms with Crippen LogP contribution in [0.15, 0.2) is 18.2 Å². The Morgan fingerprint density at radius 1 is 1.25 bits per heavy atom. The third-order valence-corrected chi connectivity index (χ3v) is 3.40. The van der Waals surface area contributed by atoms with Crippen molar-refractivity contribution in [3.8, 4) is 0 Å². The first kappa shape index (κ1) is 13.1. The Balaban J connectivity index is 2.29. The molecule has 0 spiro atoms. The Bertz CT molecular complexity index is 341. The first-order valence-corrected chi connectivity index (χ1v) is 6.71. The molecule has 0 aliphatic carbocycles. The highest BCUT2D eigenvalue weighted by molar-refractivity contribution is 7.98. The predicted molar refractivity (Wildman–Crippen MR) is 73.2 cm³/mol. The highest BCUT2D eigenvalue weighted by Crippen LogP contribution is 2.16. The number of nitrogens with one attached hydrogen (secondary N) is 1. The van der Waals surface area contributed by atoms with Crippen LogP contribution >= 0.6 is 11.8 Å². The summed E-state index contributed by atoms with van der Waals surface area (Å²) in [6.07, 6.45) is 1.73. The summed E-state index contributed by atoms with van der Waals surface area (Å²) in [5, 5.41) is 7.12. The first-order valence-electron chi connectivity index (χ1n) is 5.56. The van der Waals surface area contributed by atoms with Crippen LogP contribution in [0.25, 0.3) is 0 Å². The quantitative estimate of drug-likeness (QED) is 0.452. The molecule has 1 rings (SSSR count). The summed E-state index contributed by atoms with van der Waals surface area (Å²) >= 11 is 1.91. The molecule has 2 nitrogen and oxygen atoms in total. The second kappa shape index (κ2) is 6.59. The van der Waals surface area contributed by atoms with Gasteiger partial charge in [-0.05, 0) is 31.6 Å². The number of thioether (sulfide) groups is 1. The number of hydrogen-bond donors (Lipinski definition) is 2. The number of rotatable bonds is 6. The molecule has 0 fully saturated rings. The maximum atomic E-state index is 7.12.